The number of phenolic OH excluding ortho intramolecular Hbond substituents is 1. The SMILES string of the molecule is Oc1ccc2bocc2c1. The minimum atomic E-state index is 0.272. The van der Waals surface area contributed by atoms with Crippen LogP contribution in [0.5, 0.6) is 5.75 Å². The molecule has 10 heavy (non-hydrogen) atoms. The fraction of sp³-hybridized carbons (Fsp3) is 0. The zero-order valence-electron chi connectivity index (χ0n) is 5.24. The van der Waals surface area contributed by atoms with Crippen molar-refractivity contribution in [3.8, 4) is 5.75 Å². The normalized spacial score (nSPS) is 10.0. The van der Waals surface area contributed by atoms with Gasteiger partial charge in [0.25, 0.3) is 0 Å². The molecule has 2 aromatic rings. The first kappa shape index (κ1) is 5.53. The van der Waals surface area contributed by atoms with Crippen molar-refractivity contribution in [2.24, 2.45) is 0 Å². The summed E-state index contributed by atoms with van der Waals surface area (Å²) < 4.78 is 4.91. The van der Waals surface area contributed by atoms with E-state index in [1.807, 2.05) is 6.07 Å². The fourth-order valence-electron chi connectivity index (χ4n) is 0.952. The predicted octanol–water partition coefficient (Wildman–Crippen LogP) is 1.48. The molecule has 2 rings (SSSR count). The van der Waals surface area contributed by atoms with E-state index < -0.39 is 0 Å². The third kappa shape index (κ3) is 0.710. The Bertz CT molecular complexity index is 353. The van der Waals surface area contributed by atoms with Crippen molar-refractivity contribution >= 4 is 17.8 Å². The molecule has 1 N–H and O–H groups in total. The summed E-state index contributed by atoms with van der Waals surface area (Å²) in [6.07, 6.45) is 1.61. The van der Waals surface area contributed by atoms with Gasteiger partial charge in [0.1, 0.15) is 0 Å². The van der Waals surface area contributed by atoms with Crippen LogP contribution in [-0.4, -0.2) is 12.2 Å². The summed E-state index contributed by atoms with van der Waals surface area (Å²) in [5.74, 6) is 0.272. The van der Waals surface area contributed by atoms with Crippen LogP contribution in [0.3, 0.4) is 0 Å². The molecule has 0 radical (unpaired) electrons. The van der Waals surface area contributed by atoms with Crippen molar-refractivity contribution in [3.63, 3.8) is 0 Å². The molecule has 0 saturated heterocycles. The van der Waals surface area contributed by atoms with E-state index in [9.17, 15) is 0 Å². The van der Waals surface area contributed by atoms with Gasteiger partial charge in [-0.05, 0) is 0 Å². The van der Waals surface area contributed by atoms with E-state index in [0.717, 1.165) is 10.7 Å². The van der Waals surface area contributed by atoms with Crippen molar-refractivity contribution in [1.82, 2.24) is 0 Å². The van der Waals surface area contributed by atoms with Crippen LogP contribution < -0.4 is 0 Å². The van der Waals surface area contributed by atoms with Crippen LogP contribution >= 0.6 is 0 Å². The standard InChI is InChI=1S/C7H5BO2/c9-6-1-2-7-5(3-6)4-10-8-7/h1-4,9H. The maximum absolute atomic E-state index is 9.01. The molecule has 0 bridgehead atoms. The Balaban J connectivity index is 2.86. The van der Waals surface area contributed by atoms with E-state index in [1.165, 1.54) is 0 Å². The van der Waals surface area contributed by atoms with E-state index >= 15 is 0 Å². The molecule has 2 nitrogen and oxygen atoms in total. The van der Waals surface area contributed by atoms with Crippen molar-refractivity contribution < 1.29 is 9.44 Å². The molecule has 0 amide bonds. The molecule has 0 aliphatic heterocycles. The molecular weight excluding hydrogens is 127 g/mol. The summed E-state index contributed by atoms with van der Waals surface area (Å²) >= 11 is 0. The van der Waals surface area contributed by atoms with Gasteiger partial charge < -0.3 is 0 Å². The van der Waals surface area contributed by atoms with Crippen LogP contribution in [0.4, 0.5) is 0 Å². The van der Waals surface area contributed by atoms with Gasteiger partial charge in [-0.15, -0.1) is 0 Å². The number of hydrogen-bond donors (Lipinski definition) is 1. The van der Waals surface area contributed by atoms with E-state index in [1.54, 1.807) is 25.5 Å². The molecular formula is C7H5BO2. The van der Waals surface area contributed by atoms with E-state index in [4.69, 9.17) is 9.44 Å². The van der Waals surface area contributed by atoms with Crippen molar-refractivity contribution in [2.45, 2.75) is 0 Å². The molecule has 48 valence electrons. The Morgan fingerprint density at radius 3 is 3.20 bits per heavy atom. The molecule has 0 saturated carbocycles. The van der Waals surface area contributed by atoms with Gasteiger partial charge in [0.05, 0.1) is 0 Å². The predicted molar refractivity (Wildman–Crippen MR) is 39.2 cm³/mol. The second-order valence-corrected chi connectivity index (χ2v) is 2.19. The Morgan fingerprint density at radius 2 is 2.30 bits per heavy atom. The summed E-state index contributed by atoms with van der Waals surface area (Å²) in [4.78, 5) is 0. The van der Waals surface area contributed by atoms with Gasteiger partial charge in [-0.2, -0.15) is 0 Å². The molecule has 0 spiro atoms. The van der Waals surface area contributed by atoms with Crippen LogP contribution in [0.15, 0.2) is 28.8 Å². The van der Waals surface area contributed by atoms with E-state index in [-0.39, 0.29) is 5.75 Å². The molecule has 0 unspecified atom stereocenters. The van der Waals surface area contributed by atoms with Gasteiger partial charge in [0, 0.05) is 0 Å². The second-order valence-electron chi connectivity index (χ2n) is 2.19. The molecule has 0 atom stereocenters. The Labute approximate surface area is 58.3 Å². The third-order valence-corrected chi connectivity index (χ3v) is 1.46. The van der Waals surface area contributed by atoms with Gasteiger partial charge in [0.2, 0.25) is 0 Å². The zero-order chi connectivity index (χ0) is 6.97. The number of aromatic hydroxyl groups is 1. The Hall–Kier alpha value is -1.25. The monoisotopic (exact) mass is 132 g/mol. The van der Waals surface area contributed by atoms with Gasteiger partial charge in [-0.3, -0.25) is 0 Å². The number of rotatable bonds is 0. The summed E-state index contributed by atoms with van der Waals surface area (Å²) in [5, 5.41) is 10.9. The number of benzene rings is 1. The van der Waals surface area contributed by atoms with Crippen LogP contribution in [0, 0.1) is 0 Å². The number of fused-ring (bicyclic) bond motifs is 1. The van der Waals surface area contributed by atoms with Crippen LogP contribution in [0.2, 0.25) is 0 Å². The molecule has 0 aliphatic rings. The fourth-order valence-corrected chi connectivity index (χ4v) is 0.952. The average Bonchev–Trinajstić information content (AvgIpc) is 2.33. The average molecular weight is 132 g/mol. The Kier molecular flexibility index (Phi) is 1.03. The first-order chi connectivity index (χ1) is 4.86. The molecule has 1 aromatic carbocycles. The summed E-state index contributed by atoms with van der Waals surface area (Å²) in [5.41, 5.74) is 0. The molecule has 1 aromatic heterocycles. The first-order valence-corrected chi connectivity index (χ1v) is 3.01. The number of phenols is 1. The van der Waals surface area contributed by atoms with Gasteiger partial charge >= 0.3 is 57.4 Å². The van der Waals surface area contributed by atoms with Crippen LogP contribution in [0.1, 0.15) is 0 Å². The summed E-state index contributed by atoms with van der Waals surface area (Å²) in [7, 11) is 1.65. The summed E-state index contributed by atoms with van der Waals surface area (Å²) in [6, 6.07) is 5.12. The Morgan fingerprint density at radius 1 is 1.40 bits per heavy atom. The maximum atomic E-state index is 9.01. The van der Waals surface area contributed by atoms with E-state index in [0.29, 0.717) is 0 Å². The van der Waals surface area contributed by atoms with E-state index in [2.05, 4.69) is 0 Å². The molecule has 0 aliphatic carbocycles. The van der Waals surface area contributed by atoms with Crippen LogP contribution in [-0.2, 0) is 0 Å². The number of hydrogen-bond acceptors (Lipinski definition) is 2. The molecule has 0 fully saturated rings. The van der Waals surface area contributed by atoms with Crippen LogP contribution in [0.25, 0.3) is 10.7 Å². The van der Waals surface area contributed by atoms with Gasteiger partial charge in [-0.1, -0.05) is 0 Å². The van der Waals surface area contributed by atoms with Gasteiger partial charge in [-0.25, -0.2) is 0 Å². The van der Waals surface area contributed by atoms with Crippen molar-refractivity contribution in [3.05, 3.63) is 24.5 Å². The quantitative estimate of drug-likeness (QED) is 0.588. The van der Waals surface area contributed by atoms with Crippen molar-refractivity contribution in [1.29, 1.82) is 0 Å². The zero-order valence-corrected chi connectivity index (χ0v) is 5.24. The third-order valence-electron chi connectivity index (χ3n) is 1.46. The summed E-state index contributed by atoms with van der Waals surface area (Å²) in [6.45, 7) is 0. The molecule has 3 heteroatoms. The minimum absolute atomic E-state index is 0.272. The van der Waals surface area contributed by atoms with Gasteiger partial charge in [0.15, 0.2) is 0 Å². The molecule has 1 heterocycles. The second kappa shape index (κ2) is 1.87. The van der Waals surface area contributed by atoms with Crippen molar-refractivity contribution in [2.75, 3.05) is 0 Å². The first-order valence-electron chi connectivity index (χ1n) is 3.01. The topological polar surface area (TPSA) is 33.4 Å².